The van der Waals surface area contributed by atoms with E-state index in [9.17, 15) is 19.2 Å². The SMILES string of the molecule is CCC1C(=O)NC(=O)N(CCC(=O)NCC(C)C)C1=O. The Labute approximate surface area is 118 Å². The van der Waals surface area contributed by atoms with E-state index >= 15 is 0 Å². The zero-order valence-corrected chi connectivity index (χ0v) is 12.1. The van der Waals surface area contributed by atoms with E-state index in [1.807, 2.05) is 13.8 Å². The van der Waals surface area contributed by atoms with Crippen molar-refractivity contribution in [1.29, 1.82) is 0 Å². The molecule has 7 nitrogen and oxygen atoms in total. The molecular formula is C13H21N3O4. The van der Waals surface area contributed by atoms with Crippen molar-refractivity contribution in [3.8, 4) is 0 Å². The van der Waals surface area contributed by atoms with E-state index in [2.05, 4.69) is 10.6 Å². The maximum absolute atomic E-state index is 12.0. The minimum absolute atomic E-state index is 0.0155. The van der Waals surface area contributed by atoms with Crippen molar-refractivity contribution in [2.75, 3.05) is 13.1 Å². The van der Waals surface area contributed by atoms with Crippen molar-refractivity contribution < 1.29 is 19.2 Å². The molecule has 0 aromatic rings. The van der Waals surface area contributed by atoms with Gasteiger partial charge < -0.3 is 5.32 Å². The lowest BCUT2D eigenvalue weighted by Gasteiger charge is -2.29. The van der Waals surface area contributed by atoms with Gasteiger partial charge in [0.15, 0.2) is 0 Å². The molecule has 1 unspecified atom stereocenters. The van der Waals surface area contributed by atoms with Gasteiger partial charge in [0.25, 0.3) is 0 Å². The molecule has 7 heteroatoms. The number of amides is 5. The van der Waals surface area contributed by atoms with Crippen LogP contribution in [0.5, 0.6) is 0 Å². The summed E-state index contributed by atoms with van der Waals surface area (Å²) in [6.45, 7) is 6.18. The Morgan fingerprint density at radius 1 is 1.35 bits per heavy atom. The van der Waals surface area contributed by atoms with Gasteiger partial charge in [0.1, 0.15) is 5.92 Å². The molecule has 0 aromatic carbocycles. The van der Waals surface area contributed by atoms with Gasteiger partial charge in [-0.05, 0) is 12.3 Å². The van der Waals surface area contributed by atoms with Gasteiger partial charge in [0.05, 0.1) is 0 Å². The van der Waals surface area contributed by atoms with E-state index < -0.39 is 23.8 Å². The van der Waals surface area contributed by atoms with Crippen LogP contribution in [-0.4, -0.2) is 41.7 Å². The molecule has 1 aliphatic rings. The van der Waals surface area contributed by atoms with Crippen LogP contribution in [0.2, 0.25) is 0 Å². The van der Waals surface area contributed by atoms with Gasteiger partial charge in [-0.3, -0.25) is 24.6 Å². The Morgan fingerprint density at radius 3 is 2.55 bits per heavy atom. The number of imide groups is 2. The van der Waals surface area contributed by atoms with Gasteiger partial charge in [-0.1, -0.05) is 20.8 Å². The summed E-state index contributed by atoms with van der Waals surface area (Å²) in [5.74, 6) is -1.82. The topological polar surface area (TPSA) is 95.6 Å². The highest BCUT2D eigenvalue weighted by Crippen LogP contribution is 2.14. The van der Waals surface area contributed by atoms with E-state index in [0.717, 1.165) is 4.90 Å². The molecule has 0 bridgehead atoms. The summed E-state index contributed by atoms with van der Waals surface area (Å²) in [7, 11) is 0. The molecule has 1 heterocycles. The first-order valence-corrected chi connectivity index (χ1v) is 6.79. The average Bonchev–Trinajstić information content (AvgIpc) is 2.36. The van der Waals surface area contributed by atoms with Gasteiger partial charge in [-0.25, -0.2) is 4.79 Å². The van der Waals surface area contributed by atoms with Gasteiger partial charge in [0, 0.05) is 19.5 Å². The Balaban J connectivity index is 2.53. The number of nitrogens with zero attached hydrogens (tertiary/aromatic N) is 1. The lowest BCUT2D eigenvalue weighted by molar-refractivity contribution is -0.142. The third-order valence-corrected chi connectivity index (χ3v) is 3.03. The first-order chi connectivity index (χ1) is 9.36. The van der Waals surface area contributed by atoms with Gasteiger partial charge in [-0.2, -0.15) is 0 Å². The van der Waals surface area contributed by atoms with Crippen molar-refractivity contribution in [2.45, 2.75) is 33.6 Å². The fraction of sp³-hybridized carbons (Fsp3) is 0.692. The van der Waals surface area contributed by atoms with Gasteiger partial charge in [0.2, 0.25) is 17.7 Å². The molecule has 1 saturated heterocycles. The molecule has 0 aromatic heterocycles. The van der Waals surface area contributed by atoms with Crippen LogP contribution in [0, 0.1) is 11.8 Å². The zero-order chi connectivity index (χ0) is 15.3. The normalized spacial score (nSPS) is 19.3. The molecule has 1 rings (SSSR count). The zero-order valence-electron chi connectivity index (χ0n) is 12.1. The number of carbonyl (C=O) groups is 4. The van der Waals surface area contributed by atoms with E-state index in [1.165, 1.54) is 0 Å². The Morgan fingerprint density at radius 2 is 2.00 bits per heavy atom. The Hall–Kier alpha value is -1.92. The predicted molar refractivity (Wildman–Crippen MR) is 71.5 cm³/mol. The average molecular weight is 283 g/mol. The molecule has 1 aliphatic heterocycles. The van der Waals surface area contributed by atoms with E-state index in [1.54, 1.807) is 6.92 Å². The van der Waals surface area contributed by atoms with Gasteiger partial charge >= 0.3 is 6.03 Å². The minimum atomic E-state index is -0.841. The Bertz CT molecular complexity index is 420. The van der Waals surface area contributed by atoms with Crippen LogP contribution in [0.15, 0.2) is 0 Å². The van der Waals surface area contributed by atoms with Crippen LogP contribution in [0.4, 0.5) is 4.79 Å². The standard InChI is InChI=1S/C13H21N3O4/c1-4-9-11(18)15-13(20)16(12(9)19)6-5-10(17)14-7-8(2)3/h8-9H,4-7H2,1-3H3,(H,14,17)(H,15,18,20). The summed E-state index contributed by atoms with van der Waals surface area (Å²) < 4.78 is 0. The maximum atomic E-state index is 12.0. The molecule has 0 spiro atoms. The van der Waals surface area contributed by atoms with Crippen molar-refractivity contribution in [1.82, 2.24) is 15.5 Å². The Kier molecular flexibility index (Phi) is 5.66. The van der Waals surface area contributed by atoms with E-state index in [4.69, 9.17) is 0 Å². The largest absolute Gasteiger partial charge is 0.356 e. The van der Waals surface area contributed by atoms with Gasteiger partial charge in [-0.15, -0.1) is 0 Å². The smallest absolute Gasteiger partial charge is 0.330 e. The minimum Gasteiger partial charge on any atom is -0.356 e. The van der Waals surface area contributed by atoms with Crippen LogP contribution in [0.3, 0.4) is 0 Å². The van der Waals surface area contributed by atoms with Crippen molar-refractivity contribution in [3.05, 3.63) is 0 Å². The van der Waals surface area contributed by atoms with Crippen LogP contribution < -0.4 is 10.6 Å². The fourth-order valence-corrected chi connectivity index (χ4v) is 1.85. The third kappa shape index (κ3) is 4.04. The van der Waals surface area contributed by atoms with Crippen LogP contribution in [0.1, 0.15) is 33.6 Å². The molecule has 0 radical (unpaired) electrons. The first kappa shape index (κ1) is 16.1. The summed E-state index contributed by atoms with van der Waals surface area (Å²) in [5, 5.41) is 4.84. The van der Waals surface area contributed by atoms with Crippen molar-refractivity contribution in [3.63, 3.8) is 0 Å². The summed E-state index contributed by atoms with van der Waals surface area (Å²) >= 11 is 0. The second-order valence-electron chi connectivity index (χ2n) is 5.19. The van der Waals surface area contributed by atoms with Crippen LogP contribution >= 0.6 is 0 Å². The summed E-state index contributed by atoms with van der Waals surface area (Å²) in [4.78, 5) is 47.5. The molecule has 0 aliphatic carbocycles. The number of hydrogen-bond donors (Lipinski definition) is 2. The molecule has 2 N–H and O–H groups in total. The van der Waals surface area contributed by atoms with E-state index in [0.29, 0.717) is 18.9 Å². The highest BCUT2D eigenvalue weighted by molar-refractivity contribution is 6.16. The molecule has 5 amide bonds. The molecule has 112 valence electrons. The summed E-state index contributed by atoms with van der Waals surface area (Å²) in [6, 6.07) is -0.749. The lowest BCUT2D eigenvalue weighted by Crippen LogP contribution is -2.58. The first-order valence-electron chi connectivity index (χ1n) is 6.79. The third-order valence-electron chi connectivity index (χ3n) is 3.03. The van der Waals surface area contributed by atoms with Crippen LogP contribution in [0.25, 0.3) is 0 Å². The predicted octanol–water partition coefficient (Wildman–Crippen LogP) is 0.253. The lowest BCUT2D eigenvalue weighted by atomic mass is 10.0. The number of hydrogen-bond acceptors (Lipinski definition) is 4. The molecule has 20 heavy (non-hydrogen) atoms. The number of rotatable bonds is 6. The van der Waals surface area contributed by atoms with E-state index in [-0.39, 0.29) is 18.9 Å². The van der Waals surface area contributed by atoms with Crippen molar-refractivity contribution in [2.24, 2.45) is 11.8 Å². The van der Waals surface area contributed by atoms with Crippen LogP contribution in [-0.2, 0) is 14.4 Å². The number of nitrogens with one attached hydrogen (secondary N) is 2. The summed E-state index contributed by atoms with van der Waals surface area (Å²) in [6.07, 6.45) is 0.366. The number of barbiturate groups is 1. The quantitative estimate of drug-likeness (QED) is 0.683. The number of urea groups is 1. The molecule has 1 atom stereocenters. The maximum Gasteiger partial charge on any atom is 0.330 e. The molecular weight excluding hydrogens is 262 g/mol. The highest BCUT2D eigenvalue weighted by Gasteiger charge is 2.38. The summed E-state index contributed by atoms with van der Waals surface area (Å²) in [5.41, 5.74) is 0. The molecule has 0 saturated carbocycles. The van der Waals surface area contributed by atoms with Crippen molar-refractivity contribution >= 4 is 23.8 Å². The molecule has 1 fully saturated rings. The second kappa shape index (κ2) is 7.02. The monoisotopic (exact) mass is 283 g/mol. The highest BCUT2D eigenvalue weighted by atomic mass is 16.2. The fourth-order valence-electron chi connectivity index (χ4n) is 1.85. The second-order valence-corrected chi connectivity index (χ2v) is 5.19. The number of carbonyl (C=O) groups excluding carboxylic acids is 4.